The molecule has 21 heteroatoms. The first-order valence-corrected chi connectivity index (χ1v) is 27.2. The first-order valence-electron chi connectivity index (χ1n) is 27.2. The van der Waals surface area contributed by atoms with Crippen LogP contribution in [0.4, 0.5) is 16.2 Å². The van der Waals surface area contributed by atoms with Crippen LogP contribution >= 0.6 is 0 Å². The molecule has 0 aromatic heterocycles. The molecule has 5 heterocycles. The van der Waals surface area contributed by atoms with Crippen LogP contribution in [0.2, 0.25) is 0 Å². The molecule has 3 fully saturated rings. The Labute approximate surface area is 482 Å². The topological polar surface area (TPSA) is 243 Å². The highest BCUT2D eigenvalue weighted by atomic mass is 16.7. The smallest absolute Gasteiger partial charge is 0.421 e. The number of carbonyl (C=O) groups excluding carboxylic acids is 6. The third-order valence-electron chi connectivity index (χ3n) is 16.0. The van der Waals surface area contributed by atoms with Crippen LogP contribution in [0, 0.1) is 33.8 Å². The lowest BCUT2D eigenvalue weighted by atomic mass is 9.64. The second-order valence-corrected chi connectivity index (χ2v) is 20.7. The largest absolute Gasteiger partial charge is 0.491 e. The fourth-order valence-electron chi connectivity index (χ4n) is 12.2. The number of hydrogen-bond donors (Lipinski definition) is 1. The first-order chi connectivity index (χ1) is 40.8. The van der Waals surface area contributed by atoms with Gasteiger partial charge in [0.15, 0.2) is 17.4 Å². The maximum atomic E-state index is 17.0. The second-order valence-electron chi connectivity index (χ2n) is 20.7. The lowest BCUT2D eigenvalue weighted by Gasteiger charge is -2.46. The highest BCUT2D eigenvalue weighted by Gasteiger charge is 2.76. The minimum absolute atomic E-state index is 0.00522. The molecule has 0 aliphatic carbocycles. The predicted molar refractivity (Wildman–Crippen MR) is 298 cm³/mol. The summed E-state index contributed by atoms with van der Waals surface area (Å²) in [4.78, 5) is 108. The number of cyclic esters (lactones) is 1. The third kappa shape index (κ3) is 10.5. The number of methoxy groups -OCH3 is 2. The number of morpholine rings is 1. The van der Waals surface area contributed by atoms with E-state index in [9.17, 15) is 24.8 Å². The molecule has 1 N–H and O–H groups in total. The van der Waals surface area contributed by atoms with Gasteiger partial charge in [0.25, 0.3) is 5.69 Å². The number of fused-ring (bicyclic) bond motifs is 4. The average Bonchev–Trinajstić information content (AvgIpc) is 1.51. The number of nitro groups is 1. The number of esters is 3. The molecule has 5 aliphatic rings. The number of nitro benzene ring substituents is 1. The zero-order valence-corrected chi connectivity index (χ0v) is 45.7. The van der Waals surface area contributed by atoms with Crippen molar-refractivity contribution in [2.45, 2.75) is 49.2 Å². The third-order valence-corrected chi connectivity index (χ3v) is 16.0. The Morgan fingerprint density at radius 1 is 0.762 bits per heavy atom. The molecule has 0 bridgehead atoms. The van der Waals surface area contributed by atoms with Crippen molar-refractivity contribution < 1.29 is 72.0 Å². The highest BCUT2D eigenvalue weighted by molar-refractivity contribution is 6.23. The molecular formula is C63H57N5O16. The van der Waals surface area contributed by atoms with E-state index in [0.29, 0.717) is 53.4 Å². The van der Waals surface area contributed by atoms with Gasteiger partial charge < -0.3 is 43.2 Å². The molecule has 430 valence electrons. The number of anilines is 1. The van der Waals surface area contributed by atoms with Crippen LogP contribution in [-0.2, 0) is 61.5 Å². The fourth-order valence-corrected chi connectivity index (χ4v) is 12.2. The Balaban J connectivity index is 1.11. The van der Waals surface area contributed by atoms with Crippen molar-refractivity contribution in [2.75, 3.05) is 65.3 Å². The molecule has 6 atom stereocenters. The van der Waals surface area contributed by atoms with Crippen molar-refractivity contribution in [3.05, 3.63) is 195 Å². The molecule has 6 aromatic rings. The van der Waals surface area contributed by atoms with Gasteiger partial charge >= 0.3 is 24.0 Å². The lowest BCUT2D eigenvalue weighted by Crippen LogP contribution is -2.59. The first kappa shape index (κ1) is 56.3. The Hall–Kier alpha value is -9.62. The molecule has 6 aromatic carbocycles. The molecule has 11 rings (SSSR count). The van der Waals surface area contributed by atoms with E-state index in [4.69, 9.17) is 33.2 Å². The summed E-state index contributed by atoms with van der Waals surface area (Å²) >= 11 is 0. The number of amides is 3. The minimum Gasteiger partial charge on any atom is -0.491 e. The van der Waals surface area contributed by atoms with Crippen molar-refractivity contribution in [3.63, 3.8) is 0 Å². The molecule has 3 amide bonds. The van der Waals surface area contributed by atoms with E-state index in [1.165, 1.54) is 36.4 Å². The molecule has 5 aliphatic heterocycles. The Kier molecular flexibility index (Phi) is 16.1. The summed E-state index contributed by atoms with van der Waals surface area (Å²) in [5.74, 6) is 0.336. The number of non-ortho nitro benzene ring substituents is 1. The van der Waals surface area contributed by atoms with Gasteiger partial charge in [-0.05, 0) is 88.0 Å². The number of nitrogens with zero attached hydrogens (tertiary/aromatic N) is 5. The van der Waals surface area contributed by atoms with E-state index >= 15 is 19.2 Å². The SMILES string of the molecule is COC(=O)C(CC#Cc1ccc2c(c1)C1(C(=O)N2C(=O)OCc2ccc([N+](=O)[O-])cc2)C(C(=O)N2CCN(Cc3ccc4c(c3)OCO4)CC2)C2C(=O)OC(c3ccccc3)C(c3ccccc3)N2C1c1cccc(OCCO)c1)C(=O)OC. The molecule has 3 saturated heterocycles. The number of aliphatic hydroxyl groups excluding tert-OH is 1. The van der Waals surface area contributed by atoms with Gasteiger partial charge in [0.05, 0.1) is 49.4 Å². The van der Waals surface area contributed by atoms with Crippen LogP contribution in [0.15, 0.2) is 146 Å². The van der Waals surface area contributed by atoms with Gasteiger partial charge in [-0.2, -0.15) is 0 Å². The van der Waals surface area contributed by atoms with Crippen LogP contribution in [0.5, 0.6) is 17.2 Å². The van der Waals surface area contributed by atoms with Crippen LogP contribution in [0.1, 0.15) is 63.6 Å². The summed E-state index contributed by atoms with van der Waals surface area (Å²) in [5, 5.41) is 21.5. The molecule has 0 saturated carbocycles. The monoisotopic (exact) mass is 1140 g/mol. The molecule has 21 nitrogen and oxygen atoms in total. The van der Waals surface area contributed by atoms with Gasteiger partial charge in [-0.15, -0.1) is 0 Å². The van der Waals surface area contributed by atoms with E-state index in [-0.39, 0.29) is 67.8 Å². The Morgan fingerprint density at radius 3 is 2.13 bits per heavy atom. The number of imide groups is 1. The number of piperazine rings is 1. The maximum absolute atomic E-state index is 17.0. The number of hydrogen-bond acceptors (Lipinski definition) is 18. The van der Waals surface area contributed by atoms with E-state index in [1.807, 2.05) is 83.8 Å². The summed E-state index contributed by atoms with van der Waals surface area (Å²) in [5.41, 5.74) is 0.874. The van der Waals surface area contributed by atoms with E-state index in [0.717, 1.165) is 24.7 Å². The average molecular weight is 1140 g/mol. The van der Waals surface area contributed by atoms with Crippen molar-refractivity contribution in [1.82, 2.24) is 14.7 Å². The van der Waals surface area contributed by atoms with Gasteiger partial charge in [-0.3, -0.25) is 43.9 Å². The maximum Gasteiger partial charge on any atom is 0.421 e. The molecule has 0 radical (unpaired) electrons. The number of ether oxygens (including phenoxy) is 7. The summed E-state index contributed by atoms with van der Waals surface area (Å²) in [6.45, 7) is 0.862. The van der Waals surface area contributed by atoms with Gasteiger partial charge in [0.1, 0.15) is 36.5 Å². The van der Waals surface area contributed by atoms with Gasteiger partial charge in [-0.25, -0.2) is 9.69 Å². The standard InChI is InChI=1S/C63H57N5O16/c1-78-58(71)47(59(72)79-2)18-9-11-39-21-25-49-48(33-39)63(61(74)66(49)62(75)81-37-40-19-23-45(24-20-40)68(76)77)52(57(70)65-29-27-64(28-30-65)36-41-22-26-50-51(34-41)83-38-82-50)54-60(73)84-55(43-14-7-4-8-15-43)53(42-12-5-3-6-13-42)67(54)56(63)44-16-10-17-46(35-44)80-32-31-69/h3-8,10,12-17,19-26,33-35,47,52-56,69H,18,27-32,36-38H2,1-2H3. The number of rotatable bonds is 15. The normalized spacial score (nSPS) is 21.5. The van der Waals surface area contributed by atoms with Crippen molar-refractivity contribution in [2.24, 2.45) is 11.8 Å². The van der Waals surface area contributed by atoms with Crippen molar-refractivity contribution in [3.8, 4) is 29.1 Å². The van der Waals surface area contributed by atoms with Crippen molar-refractivity contribution >= 4 is 47.2 Å². The Morgan fingerprint density at radius 2 is 1.44 bits per heavy atom. The number of carbonyl (C=O) groups is 6. The molecule has 1 spiro atoms. The van der Waals surface area contributed by atoms with Crippen LogP contribution in [-0.4, -0.2) is 127 Å². The second kappa shape index (κ2) is 24.1. The predicted octanol–water partition coefficient (Wildman–Crippen LogP) is 6.75. The molecular weight excluding hydrogens is 1080 g/mol. The van der Waals surface area contributed by atoms with Gasteiger partial charge in [0.2, 0.25) is 18.6 Å². The fraction of sp³-hybridized carbons (Fsp3) is 0.302. The van der Waals surface area contributed by atoms with E-state index in [2.05, 4.69) is 16.7 Å². The van der Waals surface area contributed by atoms with Crippen LogP contribution in [0.25, 0.3) is 0 Å². The zero-order chi connectivity index (χ0) is 58.6. The van der Waals surface area contributed by atoms with Crippen molar-refractivity contribution in [1.29, 1.82) is 0 Å². The highest BCUT2D eigenvalue weighted by Crippen LogP contribution is 2.66. The Bertz CT molecular complexity index is 3570. The zero-order valence-electron chi connectivity index (χ0n) is 45.7. The number of benzene rings is 6. The molecule has 84 heavy (non-hydrogen) atoms. The lowest BCUT2D eigenvalue weighted by molar-refractivity contribution is -0.384. The quantitative estimate of drug-likeness (QED) is 0.0279. The summed E-state index contributed by atoms with van der Waals surface area (Å²) in [6, 6.07) is 37.1. The van der Waals surface area contributed by atoms with Gasteiger partial charge in [0, 0.05) is 56.8 Å². The van der Waals surface area contributed by atoms with E-state index in [1.54, 1.807) is 35.2 Å². The van der Waals surface area contributed by atoms with Crippen LogP contribution in [0.3, 0.4) is 0 Å². The number of aliphatic hydroxyl groups is 1. The van der Waals surface area contributed by atoms with Crippen LogP contribution < -0.4 is 19.1 Å². The summed E-state index contributed by atoms with van der Waals surface area (Å²) in [6.07, 6.45) is -2.54. The van der Waals surface area contributed by atoms with E-state index < -0.39 is 88.8 Å². The summed E-state index contributed by atoms with van der Waals surface area (Å²) < 4.78 is 39.6. The minimum atomic E-state index is -2.25. The van der Waals surface area contributed by atoms with Gasteiger partial charge in [-0.1, -0.05) is 90.7 Å². The molecule has 6 unspecified atom stereocenters. The summed E-state index contributed by atoms with van der Waals surface area (Å²) in [7, 11) is 2.26.